The van der Waals surface area contributed by atoms with E-state index in [0.29, 0.717) is 6.04 Å². The third-order valence-electron chi connectivity index (χ3n) is 3.17. The van der Waals surface area contributed by atoms with E-state index in [1.54, 1.807) is 6.33 Å². The summed E-state index contributed by atoms with van der Waals surface area (Å²) in [7, 11) is 0. The molecule has 1 fully saturated rings. The molecular weight excluding hydrogens is 202 g/mol. The van der Waals surface area contributed by atoms with Crippen molar-refractivity contribution in [2.24, 2.45) is 0 Å². The molecule has 1 N–H and O–H groups in total. The molecule has 1 unspecified atom stereocenters. The van der Waals surface area contributed by atoms with Crippen LogP contribution in [-0.2, 0) is 0 Å². The van der Waals surface area contributed by atoms with Crippen molar-refractivity contribution in [3.05, 3.63) is 18.1 Å². The Kier molecular flexibility index (Phi) is 3.72. The van der Waals surface area contributed by atoms with Gasteiger partial charge in [0.25, 0.3) is 0 Å². The highest BCUT2D eigenvalue weighted by Crippen LogP contribution is 2.24. The molecule has 16 heavy (non-hydrogen) atoms. The Balaban J connectivity index is 2.16. The zero-order chi connectivity index (χ0) is 11.4. The second-order valence-electron chi connectivity index (χ2n) is 4.37. The first-order valence-corrected chi connectivity index (χ1v) is 5.97. The topological polar surface area (TPSA) is 49.2 Å². The van der Waals surface area contributed by atoms with Gasteiger partial charge in [-0.3, -0.25) is 0 Å². The lowest BCUT2D eigenvalue weighted by molar-refractivity contribution is 0.262. The van der Waals surface area contributed by atoms with Crippen molar-refractivity contribution in [3.8, 4) is 0 Å². The van der Waals surface area contributed by atoms with Crippen LogP contribution in [0, 0.1) is 6.92 Å². The number of rotatable bonds is 3. The molecule has 0 bridgehead atoms. The summed E-state index contributed by atoms with van der Waals surface area (Å²) in [6.07, 6.45) is 6.08. The Morgan fingerprint density at radius 1 is 1.44 bits per heavy atom. The van der Waals surface area contributed by atoms with Crippen molar-refractivity contribution in [1.29, 1.82) is 0 Å². The maximum Gasteiger partial charge on any atom is 0.132 e. The summed E-state index contributed by atoms with van der Waals surface area (Å²) in [5.74, 6) is 1.01. The molecule has 0 aliphatic carbocycles. The van der Waals surface area contributed by atoms with Gasteiger partial charge in [0, 0.05) is 31.0 Å². The normalized spacial score (nSPS) is 21.1. The van der Waals surface area contributed by atoms with E-state index in [1.807, 2.05) is 13.0 Å². The quantitative estimate of drug-likeness (QED) is 0.841. The summed E-state index contributed by atoms with van der Waals surface area (Å²) < 4.78 is 0. The van der Waals surface area contributed by atoms with Gasteiger partial charge in [0.1, 0.15) is 12.1 Å². The first-order valence-electron chi connectivity index (χ1n) is 5.97. The van der Waals surface area contributed by atoms with Crippen LogP contribution in [0.5, 0.6) is 0 Å². The molecule has 2 rings (SSSR count). The van der Waals surface area contributed by atoms with Gasteiger partial charge in [-0.25, -0.2) is 9.97 Å². The monoisotopic (exact) mass is 221 g/mol. The SMILES string of the molecule is Cc1cc(N2CCCCC2CCO)ncn1. The Labute approximate surface area is 96.3 Å². The number of hydrogen-bond donors (Lipinski definition) is 1. The van der Waals surface area contributed by atoms with Gasteiger partial charge < -0.3 is 10.0 Å². The maximum atomic E-state index is 9.08. The van der Waals surface area contributed by atoms with E-state index >= 15 is 0 Å². The number of anilines is 1. The number of hydrogen-bond acceptors (Lipinski definition) is 4. The van der Waals surface area contributed by atoms with Crippen molar-refractivity contribution in [2.75, 3.05) is 18.1 Å². The third kappa shape index (κ3) is 2.50. The van der Waals surface area contributed by atoms with Crippen molar-refractivity contribution in [3.63, 3.8) is 0 Å². The van der Waals surface area contributed by atoms with E-state index in [9.17, 15) is 0 Å². The Morgan fingerprint density at radius 2 is 2.31 bits per heavy atom. The molecule has 0 radical (unpaired) electrons. The van der Waals surface area contributed by atoms with Gasteiger partial charge in [0.2, 0.25) is 0 Å². The largest absolute Gasteiger partial charge is 0.396 e. The van der Waals surface area contributed by atoms with E-state index in [0.717, 1.165) is 30.9 Å². The molecule has 0 aromatic carbocycles. The molecule has 0 saturated carbocycles. The van der Waals surface area contributed by atoms with Crippen LogP contribution in [0.1, 0.15) is 31.4 Å². The predicted molar refractivity (Wildman–Crippen MR) is 63.5 cm³/mol. The number of aryl methyl sites for hydroxylation is 1. The van der Waals surface area contributed by atoms with Crippen LogP contribution in [-0.4, -0.2) is 34.3 Å². The van der Waals surface area contributed by atoms with Gasteiger partial charge in [-0.1, -0.05) is 0 Å². The Hall–Kier alpha value is -1.16. The van der Waals surface area contributed by atoms with E-state index in [-0.39, 0.29) is 6.61 Å². The highest BCUT2D eigenvalue weighted by atomic mass is 16.3. The molecule has 1 aromatic rings. The van der Waals surface area contributed by atoms with Crippen molar-refractivity contribution in [1.82, 2.24) is 9.97 Å². The number of aliphatic hydroxyl groups excluding tert-OH is 1. The first-order chi connectivity index (χ1) is 7.81. The fourth-order valence-electron chi connectivity index (χ4n) is 2.35. The lowest BCUT2D eigenvalue weighted by Gasteiger charge is -2.36. The number of aliphatic hydroxyl groups is 1. The number of piperidine rings is 1. The van der Waals surface area contributed by atoms with Gasteiger partial charge in [0.15, 0.2) is 0 Å². The molecule has 0 spiro atoms. The summed E-state index contributed by atoms with van der Waals surface area (Å²) in [6, 6.07) is 2.46. The van der Waals surface area contributed by atoms with E-state index in [1.165, 1.54) is 12.8 Å². The molecule has 1 atom stereocenters. The number of nitrogens with zero attached hydrogens (tertiary/aromatic N) is 3. The molecule has 1 saturated heterocycles. The van der Waals surface area contributed by atoms with E-state index in [4.69, 9.17) is 5.11 Å². The smallest absolute Gasteiger partial charge is 0.132 e. The van der Waals surface area contributed by atoms with Crippen LogP contribution in [0.2, 0.25) is 0 Å². The second kappa shape index (κ2) is 5.25. The lowest BCUT2D eigenvalue weighted by Crippen LogP contribution is -2.40. The van der Waals surface area contributed by atoms with Crippen LogP contribution < -0.4 is 4.90 Å². The van der Waals surface area contributed by atoms with Crippen molar-refractivity contribution < 1.29 is 5.11 Å². The summed E-state index contributed by atoms with van der Waals surface area (Å²) in [6.45, 7) is 3.28. The van der Waals surface area contributed by atoms with Gasteiger partial charge in [-0.15, -0.1) is 0 Å². The van der Waals surface area contributed by atoms with Gasteiger partial charge in [-0.2, -0.15) is 0 Å². The number of aromatic nitrogens is 2. The van der Waals surface area contributed by atoms with Crippen LogP contribution in [0.25, 0.3) is 0 Å². The third-order valence-corrected chi connectivity index (χ3v) is 3.17. The molecule has 4 heteroatoms. The lowest BCUT2D eigenvalue weighted by atomic mass is 9.99. The van der Waals surface area contributed by atoms with Crippen LogP contribution in [0.15, 0.2) is 12.4 Å². The minimum absolute atomic E-state index is 0.255. The molecule has 1 aliphatic rings. The minimum Gasteiger partial charge on any atom is -0.396 e. The molecule has 0 amide bonds. The molecular formula is C12H19N3O. The maximum absolute atomic E-state index is 9.08. The van der Waals surface area contributed by atoms with Gasteiger partial charge in [-0.05, 0) is 32.6 Å². The van der Waals surface area contributed by atoms with Gasteiger partial charge >= 0.3 is 0 Å². The molecule has 1 aromatic heterocycles. The van der Waals surface area contributed by atoms with E-state index < -0.39 is 0 Å². The van der Waals surface area contributed by atoms with Crippen LogP contribution in [0.3, 0.4) is 0 Å². The fourth-order valence-corrected chi connectivity index (χ4v) is 2.35. The zero-order valence-corrected chi connectivity index (χ0v) is 9.76. The zero-order valence-electron chi connectivity index (χ0n) is 9.76. The second-order valence-corrected chi connectivity index (χ2v) is 4.37. The summed E-state index contributed by atoms with van der Waals surface area (Å²) in [5, 5.41) is 9.08. The molecule has 2 heterocycles. The average molecular weight is 221 g/mol. The Morgan fingerprint density at radius 3 is 3.06 bits per heavy atom. The summed E-state index contributed by atoms with van der Waals surface area (Å²) in [4.78, 5) is 10.8. The average Bonchev–Trinajstić information content (AvgIpc) is 2.30. The van der Waals surface area contributed by atoms with Crippen LogP contribution in [0.4, 0.5) is 5.82 Å². The highest BCUT2D eigenvalue weighted by molar-refractivity contribution is 5.40. The predicted octanol–water partition coefficient (Wildman–Crippen LogP) is 1.53. The fraction of sp³-hybridized carbons (Fsp3) is 0.667. The molecule has 88 valence electrons. The standard InChI is InChI=1S/C12H19N3O/c1-10-8-12(14-9-13-10)15-6-3-2-4-11(15)5-7-16/h8-9,11,16H,2-7H2,1H3. The first kappa shape index (κ1) is 11.3. The summed E-state index contributed by atoms with van der Waals surface area (Å²) in [5.41, 5.74) is 0.998. The van der Waals surface area contributed by atoms with Gasteiger partial charge in [0.05, 0.1) is 0 Å². The molecule has 1 aliphatic heterocycles. The summed E-state index contributed by atoms with van der Waals surface area (Å²) >= 11 is 0. The van der Waals surface area contributed by atoms with Crippen molar-refractivity contribution >= 4 is 5.82 Å². The minimum atomic E-state index is 0.255. The highest BCUT2D eigenvalue weighted by Gasteiger charge is 2.22. The van der Waals surface area contributed by atoms with Crippen molar-refractivity contribution in [2.45, 2.75) is 38.6 Å². The molecule has 4 nitrogen and oxygen atoms in total. The Bertz CT molecular complexity index is 341. The van der Waals surface area contributed by atoms with Crippen LogP contribution >= 0.6 is 0 Å². The van der Waals surface area contributed by atoms with E-state index in [2.05, 4.69) is 14.9 Å².